The van der Waals surface area contributed by atoms with E-state index in [2.05, 4.69) is 49.7 Å². The minimum atomic E-state index is -0.567. The molecule has 1 aromatic carbocycles. The van der Waals surface area contributed by atoms with E-state index in [1.807, 2.05) is 42.7 Å². The Bertz CT molecular complexity index is 1380. The fourth-order valence-electron chi connectivity index (χ4n) is 3.52. The van der Waals surface area contributed by atoms with Crippen LogP contribution in [0.25, 0.3) is 10.2 Å². The normalized spacial score (nSPS) is 11.8. The molecule has 2 aromatic heterocycles. The highest BCUT2D eigenvalue weighted by Crippen LogP contribution is 2.24. The van der Waals surface area contributed by atoms with Crippen molar-refractivity contribution >= 4 is 50.8 Å². The van der Waals surface area contributed by atoms with Crippen LogP contribution in [-0.4, -0.2) is 83.4 Å². The van der Waals surface area contributed by atoms with Gasteiger partial charge in [0, 0.05) is 44.9 Å². The number of anilines is 3. The molecule has 3 N–H and O–H groups in total. The number of carbonyl (C=O) groups is 2. The molecule has 212 valence electrons. The van der Waals surface area contributed by atoms with Crippen molar-refractivity contribution in [3.8, 4) is 11.8 Å². The SMILES string of the molecule is CCCNc1nc(Nc2ccc3ncsc3c2)ncc1C#CCCCNC(=O)C(C)N(C)C(=O)/C=C/CN(C)C. The molecule has 0 saturated heterocycles. The first-order valence-electron chi connectivity index (χ1n) is 13.3. The molecule has 1 unspecified atom stereocenters. The Morgan fingerprint density at radius 2 is 2.00 bits per heavy atom. The summed E-state index contributed by atoms with van der Waals surface area (Å²) in [5.74, 6) is 7.09. The minimum absolute atomic E-state index is 0.193. The number of rotatable bonds is 13. The van der Waals surface area contributed by atoms with Crippen LogP contribution in [-0.2, 0) is 9.59 Å². The van der Waals surface area contributed by atoms with Crippen molar-refractivity contribution in [3.63, 3.8) is 0 Å². The van der Waals surface area contributed by atoms with E-state index in [1.165, 1.54) is 11.0 Å². The summed E-state index contributed by atoms with van der Waals surface area (Å²) in [7, 11) is 5.48. The van der Waals surface area contributed by atoms with E-state index in [0.29, 0.717) is 37.7 Å². The predicted molar refractivity (Wildman–Crippen MR) is 163 cm³/mol. The maximum Gasteiger partial charge on any atom is 0.246 e. The van der Waals surface area contributed by atoms with Gasteiger partial charge in [0.05, 0.1) is 27.5 Å². The van der Waals surface area contributed by atoms with Crippen molar-refractivity contribution in [2.45, 2.75) is 39.2 Å². The molecule has 3 rings (SSSR count). The minimum Gasteiger partial charge on any atom is -0.369 e. The van der Waals surface area contributed by atoms with Gasteiger partial charge in [-0.1, -0.05) is 24.8 Å². The van der Waals surface area contributed by atoms with Crippen molar-refractivity contribution in [1.82, 2.24) is 30.1 Å². The third kappa shape index (κ3) is 9.32. The Kier molecular flexibility index (Phi) is 11.9. The first-order valence-corrected chi connectivity index (χ1v) is 14.2. The number of thiazole rings is 1. The highest BCUT2D eigenvalue weighted by Gasteiger charge is 2.20. The third-order valence-corrected chi connectivity index (χ3v) is 6.75. The molecule has 40 heavy (non-hydrogen) atoms. The molecule has 3 aromatic rings. The van der Waals surface area contributed by atoms with E-state index in [1.54, 1.807) is 37.6 Å². The molecule has 0 fully saturated rings. The topological polar surface area (TPSA) is 115 Å². The van der Waals surface area contributed by atoms with Gasteiger partial charge in [0.25, 0.3) is 0 Å². The smallest absolute Gasteiger partial charge is 0.246 e. The monoisotopic (exact) mass is 562 g/mol. The summed E-state index contributed by atoms with van der Waals surface area (Å²) in [6.07, 6.45) is 7.23. The maximum absolute atomic E-state index is 12.5. The fourth-order valence-corrected chi connectivity index (χ4v) is 4.23. The Labute approximate surface area is 240 Å². The van der Waals surface area contributed by atoms with Crippen LogP contribution >= 0.6 is 11.3 Å². The Hall–Kier alpha value is -4.01. The van der Waals surface area contributed by atoms with Crippen molar-refractivity contribution < 1.29 is 9.59 Å². The van der Waals surface area contributed by atoms with Crippen molar-refractivity contribution in [3.05, 3.63) is 47.6 Å². The van der Waals surface area contributed by atoms with Gasteiger partial charge in [-0.2, -0.15) is 4.98 Å². The lowest BCUT2D eigenvalue weighted by molar-refractivity contribution is -0.135. The van der Waals surface area contributed by atoms with Crippen LogP contribution in [0.4, 0.5) is 17.5 Å². The van der Waals surface area contributed by atoms with E-state index in [4.69, 9.17) is 0 Å². The van der Waals surface area contributed by atoms with Gasteiger partial charge in [0.1, 0.15) is 11.9 Å². The second-order valence-electron chi connectivity index (χ2n) is 9.53. The van der Waals surface area contributed by atoms with Gasteiger partial charge in [0.2, 0.25) is 17.8 Å². The number of unbranched alkanes of at least 4 members (excludes halogenated alkanes) is 1. The number of nitrogens with zero attached hydrogens (tertiary/aromatic N) is 5. The summed E-state index contributed by atoms with van der Waals surface area (Å²) in [5, 5.41) is 9.48. The number of nitrogens with one attached hydrogen (secondary N) is 3. The lowest BCUT2D eigenvalue weighted by Gasteiger charge is -2.23. The van der Waals surface area contributed by atoms with Crippen LogP contribution in [0.2, 0.25) is 0 Å². The van der Waals surface area contributed by atoms with E-state index < -0.39 is 6.04 Å². The van der Waals surface area contributed by atoms with E-state index in [9.17, 15) is 9.59 Å². The van der Waals surface area contributed by atoms with E-state index in [0.717, 1.165) is 34.4 Å². The zero-order valence-corrected chi connectivity index (χ0v) is 24.6. The second kappa shape index (κ2) is 15.5. The molecule has 0 saturated carbocycles. The molecule has 10 nitrogen and oxygen atoms in total. The van der Waals surface area contributed by atoms with Crippen LogP contribution in [0, 0.1) is 11.8 Å². The molecule has 0 spiro atoms. The molecule has 1 atom stereocenters. The largest absolute Gasteiger partial charge is 0.369 e. The molecule has 11 heteroatoms. The van der Waals surface area contributed by atoms with Gasteiger partial charge in [-0.15, -0.1) is 11.3 Å². The molecule has 0 aliphatic carbocycles. The summed E-state index contributed by atoms with van der Waals surface area (Å²) in [6.45, 7) is 5.71. The number of amides is 2. The lowest BCUT2D eigenvalue weighted by Crippen LogP contribution is -2.45. The molecular weight excluding hydrogens is 524 g/mol. The van der Waals surface area contributed by atoms with Crippen LogP contribution in [0.5, 0.6) is 0 Å². The molecule has 0 aliphatic heterocycles. The van der Waals surface area contributed by atoms with Crippen molar-refractivity contribution in [2.75, 3.05) is 51.4 Å². The molecule has 0 radical (unpaired) electrons. The quantitative estimate of drug-likeness (QED) is 0.163. The lowest BCUT2D eigenvalue weighted by atomic mass is 10.2. The first kappa shape index (κ1) is 30.5. The second-order valence-corrected chi connectivity index (χ2v) is 10.4. The number of benzene rings is 1. The van der Waals surface area contributed by atoms with Crippen molar-refractivity contribution in [2.24, 2.45) is 0 Å². The number of fused-ring (bicyclic) bond motifs is 1. The predicted octanol–water partition coefficient (Wildman–Crippen LogP) is 3.86. The molecule has 2 amide bonds. The van der Waals surface area contributed by atoms with Gasteiger partial charge in [-0.05, 0) is 52.1 Å². The van der Waals surface area contributed by atoms with E-state index in [-0.39, 0.29) is 11.8 Å². The van der Waals surface area contributed by atoms with Crippen LogP contribution < -0.4 is 16.0 Å². The highest BCUT2D eigenvalue weighted by atomic mass is 32.1. The summed E-state index contributed by atoms with van der Waals surface area (Å²) in [6, 6.07) is 5.39. The highest BCUT2D eigenvalue weighted by molar-refractivity contribution is 7.16. The Balaban J connectivity index is 1.51. The molecule has 2 heterocycles. The summed E-state index contributed by atoms with van der Waals surface area (Å²) in [5.41, 5.74) is 4.41. The maximum atomic E-state index is 12.5. The van der Waals surface area contributed by atoms with Gasteiger partial charge in [-0.3, -0.25) is 9.59 Å². The van der Waals surface area contributed by atoms with E-state index >= 15 is 0 Å². The summed E-state index contributed by atoms with van der Waals surface area (Å²) in [4.78, 5) is 41.5. The molecule has 0 aliphatic rings. The summed E-state index contributed by atoms with van der Waals surface area (Å²) < 4.78 is 1.09. The van der Waals surface area contributed by atoms with Crippen LogP contribution in [0.15, 0.2) is 42.1 Å². The van der Waals surface area contributed by atoms with Crippen LogP contribution in [0.1, 0.15) is 38.7 Å². The third-order valence-electron chi connectivity index (χ3n) is 5.96. The van der Waals surface area contributed by atoms with Gasteiger partial charge >= 0.3 is 0 Å². The molecule has 0 bridgehead atoms. The zero-order chi connectivity index (χ0) is 28.9. The Morgan fingerprint density at radius 3 is 2.77 bits per heavy atom. The van der Waals surface area contributed by atoms with Gasteiger partial charge < -0.3 is 25.8 Å². The first-order chi connectivity index (χ1) is 19.3. The van der Waals surface area contributed by atoms with Gasteiger partial charge in [-0.25, -0.2) is 9.97 Å². The molecular formula is C29H38N8O2S. The van der Waals surface area contributed by atoms with Gasteiger partial charge in [0.15, 0.2) is 0 Å². The number of hydrogen-bond acceptors (Lipinski definition) is 9. The standard InChI is InChI=1S/C29H38N8O2S/c1-6-15-30-27-22(19-32-29(35-27)34-23-13-14-24-25(18-23)40-20-33-24)11-8-7-9-16-31-28(39)21(2)37(5)26(38)12-10-17-36(3)4/h10,12-14,18-21H,6-7,9,15-17H2,1-5H3,(H,31,39)(H2,30,32,34,35)/b12-10+. The zero-order valence-electron chi connectivity index (χ0n) is 23.8. The Morgan fingerprint density at radius 1 is 1.18 bits per heavy atom. The van der Waals surface area contributed by atoms with Crippen molar-refractivity contribution in [1.29, 1.82) is 0 Å². The van der Waals surface area contributed by atoms with Crippen LogP contribution in [0.3, 0.4) is 0 Å². The average molecular weight is 563 g/mol. The fraction of sp³-hybridized carbons (Fsp3) is 0.414. The summed E-state index contributed by atoms with van der Waals surface area (Å²) >= 11 is 1.59. The number of likely N-dealkylation sites (N-methyl/N-ethyl adjacent to an activating group) is 2. The average Bonchev–Trinajstić information content (AvgIpc) is 3.41. The number of aromatic nitrogens is 3. The number of carbonyl (C=O) groups excluding carboxylic acids is 2. The number of hydrogen-bond donors (Lipinski definition) is 3.